The van der Waals surface area contributed by atoms with E-state index >= 15 is 0 Å². The van der Waals surface area contributed by atoms with Crippen molar-refractivity contribution < 1.29 is 23.7 Å². The van der Waals surface area contributed by atoms with Crippen molar-refractivity contribution >= 4 is 22.2 Å². The van der Waals surface area contributed by atoms with Gasteiger partial charge in [-0.1, -0.05) is 20.8 Å². The van der Waals surface area contributed by atoms with Crippen LogP contribution in [0.2, 0.25) is 0 Å². The Labute approximate surface area is 224 Å². The zero-order valence-electron chi connectivity index (χ0n) is 23.3. The monoisotopic (exact) mass is 521 g/mol. The molecule has 8 heteroatoms. The first-order valence-electron chi connectivity index (χ1n) is 13.2. The van der Waals surface area contributed by atoms with Crippen molar-refractivity contribution in [2.24, 2.45) is 0 Å². The number of benzene rings is 2. The summed E-state index contributed by atoms with van der Waals surface area (Å²) in [6, 6.07) is 9.50. The minimum Gasteiger partial charge on any atom is -0.494 e. The van der Waals surface area contributed by atoms with Crippen LogP contribution < -0.4 is 24.6 Å². The summed E-state index contributed by atoms with van der Waals surface area (Å²) < 4.78 is 24.6. The number of methoxy groups -OCH3 is 1. The third-order valence-corrected chi connectivity index (χ3v) is 6.76. The van der Waals surface area contributed by atoms with Crippen LogP contribution in [-0.4, -0.2) is 57.0 Å². The van der Waals surface area contributed by atoms with Gasteiger partial charge in [0.25, 0.3) is 0 Å². The molecule has 2 aromatic carbocycles. The number of Topliss-reactive ketones (excluding diaryl/α,β-unsaturated/α-hetero) is 1. The number of hydrogen-bond acceptors (Lipinski definition) is 7. The van der Waals surface area contributed by atoms with E-state index in [4.69, 9.17) is 24.4 Å². The molecule has 0 saturated carbocycles. The van der Waals surface area contributed by atoms with Crippen molar-refractivity contribution in [3.63, 3.8) is 0 Å². The normalized spacial score (nSPS) is 14.0. The molecule has 1 fully saturated rings. The maximum absolute atomic E-state index is 13.7. The Balaban J connectivity index is 1.74. The topological polar surface area (TPSA) is 86.0 Å². The lowest BCUT2D eigenvalue weighted by molar-refractivity contribution is 0.0970. The van der Waals surface area contributed by atoms with Crippen LogP contribution in [0.4, 0.5) is 5.69 Å². The summed E-state index contributed by atoms with van der Waals surface area (Å²) in [4.78, 5) is 15.9. The van der Waals surface area contributed by atoms with Crippen LogP contribution in [0.15, 0.2) is 36.5 Å². The molecule has 0 unspecified atom stereocenters. The molecule has 1 aliphatic heterocycles. The molecule has 0 bridgehead atoms. The molecule has 1 aliphatic rings. The second kappa shape index (κ2) is 11.5. The van der Waals surface area contributed by atoms with Crippen LogP contribution in [0, 0.1) is 5.41 Å². The molecule has 0 aliphatic carbocycles. The minimum atomic E-state index is -0.229. The molecule has 1 aromatic heterocycles. The summed E-state index contributed by atoms with van der Waals surface area (Å²) in [5.74, 6) is 1.98. The van der Waals surface area contributed by atoms with Gasteiger partial charge in [-0.05, 0) is 55.0 Å². The highest BCUT2D eigenvalue weighted by atomic mass is 16.5. The molecule has 8 nitrogen and oxygen atoms in total. The minimum absolute atomic E-state index is 0.0460. The number of ketones is 1. The fraction of sp³-hybridized carbons (Fsp3) is 0.467. The van der Waals surface area contributed by atoms with E-state index in [-0.39, 0.29) is 23.2 Å². The third kappa shape index (κ3) is 5.65. The fourth-order valence-electron chi connectivity index (χ4n) is 4.82. The maximum Gasteiger partial charge on any atom is 0.182 e. The summed E-state index contributed by atoms with van der Waals surface area (Å²) in [5, 5.41) is 10.4. The highest BCUT2D eigenvalue weighted by Gasteiger charge is 2.27. The molecular weight excluding hydrogens is 482 g/mol. The van der Waals surface area contributed by atoms with Crippen LogP contribution in [-0.2, 0) is 16.7 Å². The van der Waals surface area contributed by atoms with E-state index in [1.165, 1.54) is 0 Å². The third-order valence-electron chi connectivity index (χ3n) is 6.76. The number of aromatic nitrogens is 1. The fourth-order valence-corrected chi connectivity index (χ4v) is 4.82. The number of carbonyl (C=O) groups is 1. The number of rotatable bonds is 9. The zero-order chi connectivity index (χ0) is 27.4. The molecule has 1 saturated heterocycles. The second-order valence-corrected chi connectivity index (χ2v) is 10.4. The van der Waals surface area contributed by atoms with Gasteiger partial charge in [-0.25, -0.2) is 0 Å². The van der Waals surface area contributed by atoms with Gasteiger partial charge < -0.3 is 28.4 Å². The van der Waals surface area contributed by atoms with Crippen molar-refractivity contribution in [3.8, 4) is 17.2 Å². The summed E-state index contributed by atoms with van der Waals surface area (Å²) in [5.41, 5.74) is 2.51. The molecule has 2 heterocycles. The Morgan fingerprint density at radius 2 is 1.68 bits per heavy atom. The van der Waals surface area contributed by atoms with Gasteiger partial charge in [0.15, 0.2) is 17.3 Å². The highest BCUT2D eigenvalue weighted by molar-refractivity contribution is 5.98. The summed E-state index contributed by atoms with van der Waals surface area (Å²) in [6.45, 7) is 14.0. The van der Waals surface area contributed by atoms with Gasteiger partial charge in [-0.15, -0.1) is 0 Å². The molecule has 3 aromatic rings. The molecule has 204 valence electrons. The second-order valence-electron chi connectivity index (χ2n) is 10.4. The first kappa shape index (κ1) is 27.5. The van der Waals surface area contributed by atoms with Crippen LogP contribution in [0.25, 0.3) is 10.8 Å². The first-order chi connectivity index (χ1) is 18.2. The number of nitrogens with zero attached hydrogens (tertiary/aromatic N) is 2. The maximum atomic E-state index is 13.7. The number of fused-ring (bicyclic) bond motifs is 1. The summed E-state index contributed by atoms with van der Waals surface area (Å²) >= 11 is 0. The average Bonchev–Trinajstić information content (AvgIpc) is 2.90. The van der Waals surface area contributed by atoms with E-state index in [1.54, 1.807) is 17.9 Å². The van der Waals surface area contributed by atoms with Gasteiger partial charge in [0.05, 0.1) is 45.8 Å². The van der Waals surface area contributed by atoms with Crippen molar-refractivity contribution in [2.45, 2.75) is 46.6 Å². The van der Waals surface area contributed by atoms with Gasteiger partial charge in [0, 0.05) is 35.8 Å². The van der Waals surface area contributed by atoms with Gasteiger partial charge in [-0.3, -0.25) is 10.2 Å². The lowest BCUT2D eigenvalue weighted by Crippen LogP contribution is -2.37. The van der Waals surface area contributed by atoms with Crippen LogP contribution in [0.5, 0.6) is 17.2 Å². The Hall–Kier alpha value is -3.52. The molecule has 1 N–H and O–H groups in total. The first-order valence-corrected chi connectivity index (χ1v) is 13.2. The Morgan fingerprint density at radius 3 is 2.29 bits per heavy atom. The van der Waals surface area contributed by atoms with Crippen molar-refractivity contribution in [3.05, 3.63) is 53.1 Å². The summed E-state index contributed by atoms with van der Waals surface area (Å²) in [7, 11) is 1.68. The zero-order valence-corrected chi connectivity index (χ0v) is 23.3. The number of morpholine rings is 1. The van der Waals surface area contributed by atoms with Crippen LogP contribution in [0.3, 0.4) is 0 Å². The molecule has 38 heavy (non-hydrogen) atoms. The summed E-state index contributed by atoms with van der Waals surface area (Å²) in [6.07, 6.45) is 1.79. The van der Waals surface area contributed by atoms with E-state index < -0.39 is 0 Å². The quantitative estimate of drug-likeness (QED) is 0.401. The van der Waals surface area contributed by atoms with Gasteiger partial charge in [-0.2, -0.15) is 0 Å². The predicted octanol–water partition coefficient (Wildman–Crippen LogP) is 4.94. The predicted molar refractivity (Wildman–Crippen MR) is 149 cm³/mol. The Kier molecular flexibility index (Phi) is 8.31. The number of anilines is 1. The lowest BCUT2D eigenvalue weighted by Gasteiger charge is -2.33. The van der Waals surface area contributed by atoms with Gasteiger partial charge >= 0.3 is 0 Å². The number of ether oxygens (including phenoxy) is 4. The van der Waals surface area contributed by atoms with E-state index in [9.17, 15) is 4.79 Å². The van der Waals surface area contributed by atoms with Crippen molar-refractivity contribution in [1.82, 2.24) is 4.57 Å². The number of pyridine rings is 1. The molecule has 0 atom stereocenters. The van der Waals surface area contributed by atoms with E-state index in [0.717, 1.165) is 35.5 Å². The number of hydrogen-bond donors (Lipinski definition) is 1. The Morgan fingerprint density at radius 1 is 1.03 bits per heavy atom. The van der Waals surface area contributed by atoms with E-state index in [0.29, 0.717) is 48.9 Å². The molecule has 0 radical (unpaired) electrons. The SMILES string of the molecule is CCOc1cc2ccn(CC(=O)c3cc(N4CCOCC4)c(OC)c(C(C)(C)C)c3)c(=N)c2cc1OCC. The van der Waals surface area contributed by atoms with Crippen molar-refractivity contribution in [1.29, 1.82) is 5.41 Å². The molecule has 4 rings (SSSR count). The largest absolute Gasteiger partial charge is 0.494 e. The average molecular weight is 522 g/mol. The van der Waals surface area contributed by atoms with Crippen molar-refractivity contribution in [2.75, 3.05) is 51.5 Å². The molecule has 0 spiro atoms. The highest BCUT2D eigenvalue weighted by Crippen LogP contribution is 2.40. The van der Waals surface area contributed by atoms with Gasteiger partial charge in [0.1, 0.15) is 11.2 Å². The smallest absolute Gasteiger partial charge is 0.182 e. The Bertz CT molecular complexity index is 1370. The number of carbonyl (C=O) groups excluding carboxylic acids is 1. The van der Waals surface area contributed by atoms with E-state index in [1.807, 2.05) is 44.2 Å². The lowest BCUT2D eigenvalue weighted by atomic mass is 9.84. The van der Waals surface area contributed by atoms with Gasteiger partial charge in [0.2, 0.25) is 0 Å². The molecule has 0 amide bonds. The molecular formula is C30H39N3O5. The van der Waals surface area contributed by atoms with Crippen LogP contribution in [0.1, 0.15) is 50.5 Å². The standard InChI is InChI=1S/C30H39N3O5/c1-7-37-26-17-20-9-10-33(29(31)22(20)18-27(26)38-8-2)19-25(34)21-15-23(30(3,4)5)28(35-6)24(16-21)32-11-13-36-14-12-32/h9-10,15-18,31H,7-8,11-14,19H2,1-6H3. The van der Waals surface area contributed by atoms with E-state index in [2.05, 4.69) is 25.7 Å². The van der Waals surface area contributed by atoms with Crippen LogP contribution >= 0.6 is 0 Å². The number of nitrogens with one attached hydrogen (secondary N) is 1.